The fraction of sp³-hybridized carbons (Fsp3) is 0.286. The van der Waals surface area contributed by atoms with Crippen molar-refractivity contribution in [2.45, 2.75) is 25.8 Å². The Morgan fingerprint density at radius 1 is 0.667 bits per heavy atom. The van der Waals surface area contributed by atoms with Gasteiger partial charge in [-0.15, -0.1) is 0 Å². The van der Waals surface area contributed by atoms with Crippen LogP contribution in [0.25, 0.3) is 22.5 Å². The molecule has 7 heteroatoms. The molecule has 2 aliphatic rings. The molecule has 0 atom stereocenters. The lowest BCUT2D eigenvalue weighted by atomic mass is 10.0. The zero-order valence-electron chi connectivity index (χ0n) is 23.9. The van der Waals surface area contributed by atoms with Gasteiger partial charge in [0.1, 0.15) is 5.75 Å². The topological polar surface area (TPSA) is 77.0 Å². The van der Waals surface area contributed by atoms with E-state index < -0.39 is 0 Å². The van der Waals surface area contributed by atoms with E-state index in [4.69, 9.17) is 4.98 Å². The SMILES string of the molecule is Cc1cc(C(=O)N2CCC(N3CCN(C(=O)c4cc(-c5ccccc5)nc(-c5ccccc5)c4)CC3)CC2)ccc1O. The number of pyridine rings is 1. The molecule has 3 aromatic carbocycles. The van der Waals surface area contributed by atoms with Gasteiger partial charge in [-0.05, 0) is 55.7 Å². The maximum absolute atomic E-state index is 13.8. The van der Waals surface area contributed by atoms with Crippen molar-refractivity contribution in [2.24, 2.45) is 0 Å². The van der Waals surface area contributed by atoms with E-state index >= 15 is 0 Å². The highest BCUT2D eigenvalue weighted by molar-refractivity contribution is 5.96. The number of phenols is 1. The molecule has 1 aromatic heterocycles. The van der Waals surface area contributed by atoms with Crippen molar-refractivity contribution < 1.29 is 14.7 Å². The van der Waals surface area contributed by atoms with Gasteiger partial charge in [0.05, 0.1) is 11.4 Å². The first-order valence-corrected chi connectivity index (χ1v) is 14.7. The summed E-state index contributed by atoms with van der Waals surface area (Å²) in [5.41, 5.74) is 5.55. The number of aryl methyl sites for hydroxylation is 1. The van der Waals surface area contributed by atoms with Crippen LogP contribution in [0.5, 0.6) is 5.75 Å². The van der Waals surface area contributed by atoms with E-state index in [0.29, 0.717) is 48.9 Å². The smallest absolute Gasteiger partial charge is 0.254 e. The Hall–Kier alpha value is -4.49. The van der Waals surface area contributed by atoms with E-state index in [2.05, 4.69) is 4.90 Å². The van der Waals surface area contributed by atoms with E-state index in [9.17, 15) is 14.7 Å². The highest BCUT2D eigenvalue weighted by atomic mass is 16.3. The Labute approximate surface area is 247 Å². The van der Waals surface area contributed by atoms with Gasteiger partial charge in [0.2, 0.25) is 0 Å². The third-order valence-corrected chi connectivity index (χ3v) is 8.52. The van der Waals surface area contributed by atoms with Crippen molar-refractivity contribution in [2.75, 3.05) is 39.3 Å². The summed E-state index contributed by atoms with van der Waals surface area (Å²) in [6.45, 7) is 6.23. The summed E-state index contributed by atoms with van der Waals surface area (Å²) in [4.78, 5) is 38.0. The van der Waals surface area contributed by atoms with Crippen LogP contribution in [-0.4, -0.2) is 81.9 Å². The summed E-state index contributed by atoms with van der Waals surface area (Å²) >= 11 is 0. The highest BCUT2D eigenvalue weighted by Gasteiger charge is 2.31. The number of aromatic hydroxyl groups is 1. The molecule has 2 saturated heterocycles. The number of likely N-dealkylation sites (tertiary alicyclic amines) is 1. The van der Waals surface area contributed by atoms with Gasteiger partial charge in [-0.3, -0.25) is 14.5 Å². The van der Waals surface area contributed by atoms with Crippen LogP contribution < -0.4 is 0 Å². The first-order valence-electron chi connectivity index (χ1n) is 14.7. The molecule has 2 amide bonds. The van der Waals surface area contributed by atoms with E-state index in [1.54, 1.807) is 18.2 Å². The lowest BCUT2D eigenvalue weighted by molar-refractivity contribution is 0.0412. The van der Waals surface area contributed by atoms with Crippen LogP contribution >= 0.6 is 0 Å². The summed E-state index contributed by atoms with van der Waals surface area (Å²) in [6.07, 6.45) is 1.84. The van der Waals surface area contributed by atoms with Crippen LogP contribution in [0.3, 0.4) is 0 Å². The standard InChI is InChI=1S/C35H36N4O3/c1-25-22-28(12-13-33(25)40)34(41)38-16-14-30(15-17-38)37-18-20-39(21-19-37)35(42)29-23-31(26-8-4-2-5-9-26)36-32(24-29)27-10-6-3-7-11-27/h2-13,22-24,30,40H,14-21H2,1H3. The van der Waals surface area contributed by atoms with E-state index in [-0.39, 0.29) is 17.6 Å². The molecule has 0 spiro atoms. The molecule has 3 heterocycles. The second kappa shape index (κ2) is 12.2. The molecular formula is C35H36N4O3. The molecule has 0 aliphatic carbocycles. The summed E-state index contributed by atoms with van der Waals surface area (Å²) < 4.78 is 0. The number of benzene rings is 3. The fourth-order valence-corrected chi connectivity index (χ4v) is 6.05. The van der Waals surface area contributed by atoms with Crippen LogP contribution in [-0.2, 0) is 0 Å². The monoisotopic (exact) mass is 560 g/mol. The third kappa shape index (κ3) is 5.92. The minimum Gasteiger partial charge on any atom is -0.508 e. The van der Waals surface area contributed by atoms with E-state index in [0.717, 1.165) is 48.4 Å². The minimum atomic E-state index is 0.0223. The molecular weight excluding hydrogens is 524 g/mol. The molecule has 2 aliphatic heterocycles. The molecule has 0 radical (unpaired) electrons. The highest BCUT2D eigenvalue weighted by Crippen LogP contribution is 2.27. The lowest BCUT2D eigenvalue weighted by Gasteiger charge is -2.42. The largest absolute Gasteiger partial charge is 0.508 e. The summed E-state index contributed by atoms with van der Waals surface area (Å²) in [7, 11) is 0. The Morgan fingerprint density at radius 3 is 1.74 bits per heavy atom. The average Bonchev–Trinajstić information content (AvgIpc) is 3.06. The van der Waals surface area contributed by atoms with Crippen molar-refractivity contribution in [3.8, 4) is 28.3 Å². The van der Waals surface area contributed by atoms with Gasteiger partial charge < -0.3 is 14.9 Å². The molecule has 2 fully saturated rings. The molecule has 0 saturated carbocycles. The van der Waals surface area contributed by atoms with Gasteiger partial charge in [-0.1, -0.05) is 60.7 Å². The molecule has 0 unspecified atom stereocenters. The summed E-state index contributed by atoms with van der Waals surface area (Å²) in [6, 6.07) is 29.3. The summed E-state index contributed by atoms with van der Waals surface area (Å²) in [5, 5.41) is 9.79. The van der Waals surface area contributed by atoms with Gasteiger partial charge >= 0.3 is 0 Å². The van der Waals surface area contributed by atoms with Gasteiger partial charge in [0.25, 0.3) is 11.8 Å². The predicted octanol–water partition coefficient (Wildman–Crippen LogP) is 5.49. The zero-order valence-corrected chi connectivity index (χ0v) is 23.9. The second-order valence-electron chi connectivity index (χ2n) is 11.2. The van der Waals surface area contributed by atoms with E-state index in [1.807, 2.05) is 89.5 Å². The number of hydrogen-bond donors (Lipinski definition) is 1. The molecule has 7 nitrogen and oxygen atoms in total. The van der Waals surface area contributed by atoms with Crippen molar-refractivity contribution in [1.82, 2.24) is 19.7 Å². The van der Waals surface area contributed by atoms with E-state index in [1.165, 1.54) is 0 Å². The number of rotatable bonds is 5. The average molecular weight is 561 g/mol. The number of hydrogen-bond acceptors (Lipinski definition) is 5. The number of amides is 2. The van der Waals surface area contributed by atoms with Gasteiger partial charge in [-0.25, -0.2) is 4.98 Å². The quantitative estimate of drug-likeness (QED) is 0.349. The van der Waals surface area contributed by atoms with Crippen molar-refractivity contribution >= 4 is 11.8 Å². The molecule has 6 rings (SSSR count). The zero-order chi connectivity index (χ0) is 29.1. The maximum Gasteiger partial charge on any atom is 0.254 e. The number of piperazine rings is 1. The third-order valence-electron chi connectivity index (χ3n) is 8.52. The molecule has 4 aromatic rings. The normalized spacial score (nSPS) is 16.4. The van der Waals surface area contributed by atoms with Crippen LogP contribution in [0.2, 0.25) is 0 Å². The van der Waals surface area contributed by atoms with Crippen molar-refractivity contribution in [3.05, 3.63) is 108 Å². The number of carbonyl (C=O) groups is 2. The van der Waals surface area contributed by atoms with Crippen LogP contribution in [0.1, 0.15) is 39.1 Å². The number of aromatic nitrogens is 1. The van der Waals surface area contributed by atoms with Crippen molar-refractivity contribution in [1.29, 1.82) is 0 Å². The number of nitrogens with zero attached hydrogens (tertiary/aromatic N) is 4. The van der Waals surface area contributed by atoms with Crippen LogP contribution in [0, 0.1) is 6.92 Å². The molecule has 0 bridgehead atoms. The number of carbonyl (C=O) groups excluding carboxylic acids is 2. The number of piperidine rings is 1. The second-order valence-corrected chi connectivity index (χ2v) is 11.2. The lowest BCUT2D eigenvalue weighted by Crippen LogP contribution is -2.54. The fourth-order valence-electron chi connectivity index (χ4n) is 6.05. The molecule has 214 valence electrons. The minimum absolute atomic E-state index is 0.0223. The van der Waals surface area contributed by atoms with Crippen LogP contribution in [0.15, 0.2) is 91.0 Å². The van der Waals surface area contributed by atoms with Gasteiger partial charge in [0.15, 0.2) is 0 Å². The first kappa shape index (κ1) is 27.7. The molecule has 42 heavy (non-hydrogen) atoms. The Morgan fingerprint density at radius 2 is 1.19 bits per heavy atom. The Bertz CT molecular complexity index is 1500. The first-order chi connectivity index (χ1) is 20.5. The Balaban J connectivity index is 1.10. The van der Waals surface area contributed by atoms with Gasteiger partial charge in [-0.2, -0.15) is 0 Å². The summed E-state index contributed by atoms with van der Waals surface area (Å²) in [5.74, 6) is 0.269. The maximum atomic E-state index is 13.8. The molecule has 1 N–H and O–H groups in total. The predicted molar refractivity (Wildman–Crippen MR) is 164 cm³/mol. The Kier molecular flexibility index (Phi) is 8.02. The van der Waals surface area contributed by atoms with Crippen LogP contribution in [0.4, 0.5) is 0 Å². The number of phenolic OH excluding ortho intramolecular Hbond substituents is 1. The van der Waals surface area contributed by atoms with Crippen molar-refractivity contribution in [3.63, 3.8) is 0 Å². The van der Waals surface area contributed by atoms with Gasteiger partial charge in [0, 0.05) is 67.6 Å².